The molecule has 3 nitrogen and oxygen atoms in total. The lowest BCUT2D eigenvalue weighted by atomic mass is 9.74. The Bertz CT molecular complexity index is 236. The molecule has 2 aliphatic heterocycles. The summed E-state index contributed by atoms with van der Waals surface area (Å²) in [6.45, 7) is 10.6. The first-order chi connectivity index (χ1) is 8.12. The molecule has 2 heterocycles. The second-order valence-electron chi connectivity index (χ2n) is 6.40. The van der Waals surface area contributed by atoms with Gasteiger partial charge in [-0.15, -0.1) is 0 Å². The van der Waals surface area contributed by atoms with E-state index in [4.69, 9.17) is 4.74 Å². The third-order valence-electron chi connectivity index (χ3n) is 4.47. The predicted molar refractivity (Wildman–Crippen MR) is 71.2 cm³/mol. The van der Waals surface area contributed by atoms with E-state index in [1.165, 1.54) is 32.4 Å². The Labute approximate surface area is 106 Å². The van der Waals surface area contributed by atoms with E-state index < -0.39 is 0 Å². The summed E-state index contributed by atoms with van der Waals surface area (Å²) in [6, 6.07) is 0. The third kappa shape index (κ3) is 3.43. The zero-order valence-electron chi connectivity index (χ0n) is 11.7. The third-order valence-corrected chi connectivity index (χ3v) is 4.47. The zero-order valence-corrected chi connectivity index (χ0v) is 11.7. The molecule has 2 saturated heterocycles. The molecule has 1 N–H and O–H groups in total. The van der Waals surface area contributed by atoms with Gasteiger partial charge in [0.1, 0.15) is 0 Å². The van der Waals surface area contributed by atoms with Crippen molar-refractivity contribution in [2.45, 2.75) is 39.2 Å². The van der Waals surface area contributed by atoms with E-state index in [1.54, 1.807) is 0 Å². The SMILES string of the molecule is CNCC1CCN(CC2CCCO2)CC1(C)C. The monoisotopic (exact) mass is 240 g/mol. The molecule has 2 aliphatic rings. The molecule has 2 rings (SSSR count). The molecular weight excluding hydrogens is 212 g/mol. The van der Waals surface area contributed by atoms with Gasteiger partial charge in [0.2, 0.25) is 0 Å². The first kappa shape index (κ1) is 13.3. The number of likely N-dealkylation sites (tertiary alicyclic amines) is 1. The van der Waals surface area contributed by atoms with Gasteiger partial charge in [0.15, 0.2) is 0 Å². The number of nitrogens with zero attached hydrogens (tertiary/aromatic N) is 1. The maximum Gasteiger partial charge on any atom is 0.0702 e. The average molecular weight is 240 g/mol. The minimum Gasteiger partial charge on any atom is -0.377 e. The summed E-state index contributed by atoms with van der Waals surface area (Å²) >= 11 is 0. The maximum absolute atomic E-state index is 5.74. The van der Waals surface area contributed by atoms with Crippen molar-refractivity contribution >= 4 is 0 Å². The van der Waals surface area contributed by atoms with Crippen molar-refractivity contribution in [1.29, 1.82) is 0 Å². The molecule has 2 atom stereocenters. The van der Waals surface area contributed by atoms with Crippen LogP contribution in [0.4, 0.5) is 0 Å². The van der Waals surface area contributed by atoms with Crippen LogP contribution in [-0.4, -0.2) is 50.8 Å². The predicted octanol–water partition coefficient (Wildman–Crippen LogP) is 1.73. The van der Waals surface area contributed by atoms with E-state index in [0.717, 1.165) is 25.6 Å². The molecule has 0 aromatic rings. The van der Waals surface area contributed by atoms with E-state index in [1.807, 2.05) is 0 Å². The largest absolute Gasteiger partial charge is 0.377 e. The van der Waals surface area contributed by atoms with Crippen molar-refractivity contribution in [2.75, 3.05) is 39.8 Å². The van der Waals surface area contributed by atoms with Crippen LogP contribution >= 0.6 is 0 Å². The molecule has 17 heavy (non-hydrogen) atoms. The highest BCUT2D eigenvalue weighted by Gasteiger charge is 2.36. The maximum atomic E-state index is 5.74. The molecule has 0 saturated carbocycles. The van der Waals surface area contributed by atoms with Gasteiger partial charge >= 0.3 is 0 Å². The quantitative estimate of drug-likeness (QED) is 0.810. The fraction of sp³-hybridized carbons (Fsp3) is 1.00. The lowest BCUT2D eigenvalue weighted by molar-refractivity contribution is 0.0143. The van der Waals surface area contributed by atoms with Gasteiger partial charge in [-0.05, 0) is 50.7 Å². The van der Waals surface area contributed by atoms with Crippen LogP contribution in [0.2, 0.25) is 0 Å². The Morgan fingerprint density at radius 3 is 2.76 bits per heavy atom. The van der Waals surface area contributed by atoms with Gasteiger partial charge in [0, 0.05) is 19.7 Å². The highest BCUT2D eigenvalue weighted by atomic mass is 16.5. The van der Waals surface area contributed by atoms with Crippen molar-refractivity contribution in [2.24, 2.45) is 11.3 Å². The normalized spacial score (nSPS) is 34.1. The number of piperidine rings is 1. The van der Waals surface area contributed by atoms with Crippen molar-refractivity contribution < 1.29 is 4.74 Å². The van der Waals surface area contributed by atoms with Crippen molar-refractivity contribution in [3.05, 3.63) is 0 Å². The summed E-state index contributed by atoms with van der Waals surface area (Å²) in [6.07, 6.45) is 4.34. The molecule has 0 aliphatic carbocycles. The topological polar surface area (TPSA) is 24.5 Å². The van der Waals surface area contributed by atoms with Crippen LogP contribution in [0.25, 0.3) is 0 Å². The fourth-order valence-corrected chi connectivity index (χ4v) is 3.37. The average Bonchev–Trinajstić information content (AvgIpc) is 2.74. The van der Waals surface area contributed by atoms with Gasteiger partial charge in [0.25, 0.3) is 0 Å². The summed E-state index contributed by atoms with van der Waals surface area (Å²) < 4.78 is 5.74. The second kappa shape index (κ2) is 5.68. The van der Waals surface area contributed by atoms with Crippen molar-refractivity contribution in [3.8, 4) is 0 Å². The Hall–Kier alpha value is -0.120. The zero-order chi connectivity index (χ0) is 12.3. The molecule has 0 aromatic heterocycles. The molecule has 3 heteroatoms. The van der Waals surface area contributed by atoms with Gasteiger partial charge < -0.3 is 15.0 Å². The highest BCUT2D eigenvalue weighted by molar-refractivity contribution is 4.89. The molecule has 0 bridgehead atoms. The number of hydrogen-bond acceptors (Lipinski definition) is 3. The Kier molecular flexibility index (Phi) is 4.45. The lowest BCUT2D eigenvalue weighted by Gasteiger charge is -2.45. The van der Waals surface area contributed by atoms with Gasteiger partial charge in [-0.3, -0.25) is 0 Å². The second-order valence-corrected chi connectivity index (χ2v) is 6.40. The molecule has 0 radical (unpaired) electrons. The van der Waals surface area contributed by atoms with E-state index in [0.29, 0.717) is 11.5 Å². The van der Waals surface area contributed by atoms with Crippen LogP contribution < -0.4 is 5.32 Å². The minimum atomic E-state index is 0.430. The van der Waals surface area contributed by atoms with E-state index in [-0.39, 0.29) is 0 Å². The minimum absolute atomic E-state index is 0.430. The lowest BCUT2D eigenvalue weighted by Crippen LogP contribution is -2.50. The molecule has 0 amide bonds. The first-order valence-corrected chi connectivity index (χ1v) is 7.10. The number of ether oxygens (including phenoxy) is 1. The van der Waals surface area contributed by atoms with Gasteiger partial charge in [-0.2, -0.15) is 0 Å². The standard InChI is InChI=1S/C14H28N2O/c1-14(2)11-16(7-6-12(14)9-15-3)10-13-5-4-8-17-13/h12-13,15H,4-11H2,1-3H3. The van der Waals surface area contributed by atoms with Gasteiger partial charge in [-0.25, -0.2) is 0 Å². The van der Waals surface area contributed by atoms with Crippen LogP contribution in [0.1, 0.15) is 33.1 Å². The smallest absolute Gasteiger partial charge is 0.0702 e. The molecule has 100 valence electrons. The van der Waals surface area contributed by atoms with E-state index >= 15 is 0 Å². The summed E-state index contributed by atoms with van der Waals surface area (Å²) in [5.41, 5.74) is 0.430. The Balaban J connectivity index is 1.83. The van der Waals surface area contributed by atoms with Crippen LogP contribution in [0.3, 0.4) is 0 Å². The van der Waals surface area contributed by atoms with Crippen LogP contribution in [0.5, 0.6) is 0 Å². The van der Waals surface area contributed by atoms with Crippen LogP contribution in [0.15, 0.2) is 0 Å². The Morgan fingerprint density at radius 1 is 1.35 bits per heavy atom. The number of nitrogens with one attached hydrogen (secondary N) is 1. The summed E-state index contributed by atoms with van der Waals surface area (Å²) in [7, 11) is 2.06. The summed E-state index contributed by atoms with van der Waals surface area (Å²) in [5, 5.41) is 3.34. The van der Waals surface area contributed by atoms with Crippen molar-refractivity contribution in [3.63, 3.8) is 0 Å². The molecule has 2 unspecified atom stereocenters. The number of rotatable bonds is 4. The fourth-order valence-electron chi connectivity index (χ4n) is 3.37. The van der Waals surface area contributed by atoms with Crippen LogP contribution in [-0.2, 0) is 4.74 Å². The summed E-state index contributed by atoms with van der Waals surface area (Å²) in [4.78, 5) is 2.61. The highest BCUT2D eigenvalue weighted by Crippen LogP contribution is 2.34. The molecule has 0 spiro atoms. The Morgan fingerprint density at radius 2 is 2.18 bits per heavy atom. The molecule has 2 fully saturated rings. The molecular formula is C14H28N2O. The van der Waals surface area contributed by atoms with Gasteiger partial charge in [-0.1, -0.05) is 13.8 Å². The summed E-state index contributed by atoms with van der Waals surface area (Å²) in [5.74, 6) is 0.813. The first-order valence-electron chi connectivity index (χ1n) is 7.10. The van der Waals surface area contributed by atoms with Gasteiger partial charge in [0.05, 0.1) is 6.10 Å². The van der Waals surface area contributed by atoms with Crippen LogP contribution in [0, 0.1) is 11.3 Å². The number of hydrogen-bond donors (Lipinski definition) is 1. The van der Waals surface area contributed by atoms with E-state index in [9.17, 15) is 0 Å². The molecule has 0 aromatic carbocycles. The van der Waals surface area contributed by atoms with Crippen molar-refractivity contribution in [1.82, 2.24) is 10.2 Å². The van der Waals surface area contributed by atoms with E-state index in [2.05, 4.69) is 31.1 Å².